The van der Waals surface area contributed by atoms with Crippen LogP contribution in [-0.4, -0.2) is 54.6 Å². The molecule has 3 atom stereocenters. The third kappa shape index (κ3) is 12.2. The predicted molar refractivity (Wildman–Crippen MR) is 90.8 cm³/mol. The van der Waals surface area contributed by atoms with Gasteiger partial charge in [0.05, 0.1) is 18.6 Å². The number of hydrogen-bond acceptors (Lipinski definition) is 7. The first-order chi connectivity index (χ1) is 11.6. The summed E-state index contributed by atoms with van der Waals surface area (Å²) in [6, 6.07) is 0. The maximum absolute atomic E-state index is 11.7. The highest BCUT2D eigenvalue weighted by molar-refractivity contribution is 5.71. The van der Waals surface area contributed by atoms with E-state index in [1.165, 1.54) is 6.92 Å². The Morgan fingerprint density at radius 1 is 1.08 bits per heavy atom. The molecule has 0 aliphatic heterocycles. The van der Waals surface area contributed by atoms with Crippen molar-refractivity contribution in [2.75, 3.05) is 13.2 Å². The molecule has 0 aromatic carbocycles. The van der Waals surface area contributed by atoms with Crippen LogP contribution in [0.1, 0.15) is 53.9 Å². The Kier molecular flexibility index (Phi) is 11.6. The lowest BCUT2D eigenvalue weighted by Crippen LogP contribution is -2.33. The van der Waals surface area contributed by atoms with Crippen molar-refractivity contribution in [3.8, 4) is 0 Å². The first-order valence-electron chi connectivity index (χ1n) is 8.62. The quantitative estimate of drug-likeness (QED) is 0.328. The van der Waals surface area contributed by atoms with E-state index in [4.69, 9.17) is 14.2 Å². The Bertz CT molecular complexity index is 425. The number of aliphatic hydroxyl groups is 1. The van der Waals surface area contributed by atoms with E-state index in [0.717, 1.165) is 0 Å². The van der Waals surface area contributed by atoms with E-state index >= 15 is 0 Å². The fraction of sp³-hybridized carbons (Fsp3) is 0.824. The van der Waals surface area contributed by atoms with Crippen LogP contribution in [0, 0.1) is 5.92 Å². The van der Waals surface area contributed by atoms with E-state index in [0.29, 0.717) is 6.42 Å². The molecular weight excluding hydrogens is 330 g/mol. The topological polar surface area (TPSA) is 111 Å². The molecule has 25 heavy (non-hydrogen) atoms. The molecule has 0 heterocycles. The van der Waals surface area contributed by atoms with Crippen LogP contribution in [-0.2, 0) is 23.8 Å². The largest absolute Gasteiger partial charge is 0.464 e. The fourth-order valence-corrected chi connectivity index (χ4v) is 2.01. The van der Waals surface area contributed by atoms with Gasteiger partial charge in [-0.2, -0.15) is 0 Å². The number of rotatable bonds is 11. The van der Waals surface area contributed by atoms with E-state index in [9.17, 15) is 19.5 Å². The fourth-order valence-electron chi connectivity index (χ4n) is 2.01. The third-order valence-electron chi connectivity index (χ3n) is 3.33. The highest BCUT2D eigenvalue weighted by Crippen LogP contribution is 2.14. The summed E-state index contributed by atoms with van der Waals surface area (Å²) in [6.07, 6.45) is -1.15. The Morgan fingerprint density at radius 3 is 2.24 bits per heavy atom. The van der Waals surface area contributed by atoms with Crippen LogP contribution in [0.2, 0.25) is 0 Å². The standard InChI is InChI=1S/C17H31NO7/c1-6-14(20)10-15(25-13(5)19)9-12(4)24-17(22)18-7-8-23-16(21)11(2)3/h11-12,14-15,20H,6-10H2,1-5H3,(H,18,22). The van der Waals surface area contributed by atoms with Crippen LogP contribution in [0.4, 0.5) is 4.79 Å². The maximum Gasteiger partial charge on any atom is 0.407 e. The molecule has 8 heteroatoms. The van der Waals surface area contributed by atoms with Gasteiger partial charge in [-0.3, -0.25) is 9.59 Å². The van der Waals surface area contributed by atoms with E-state index in [1.807, 2.05) is 6.92 Å². The molecule has 0 spiro atoms. The van der Waals surface area contributed by atoms with Gasteiger partial charge >= 0.3 is 18.0 Å². The zero-order chi connectivity index (χ0) is 19.4. The molecular formula is C17H31NO7. The lowest BCUT2D eigenvalue weighted by Gasteiger charge is -2.23. The monoisotopic (exact) mass is 361 g/mol. The molecule has 3 unspecified atom stereocenters. The SMILES string of the molecule is CCC(O)CC(CC(C)OC(=O)NCCOC(=O)C(C)C)OC(C)=O. The average Bonchev–Trinajstić information content (AvgIpc) is 2.49. The number of amides is 1. The molecule has 146 valence electrons. The summed E-state index contributed by atoms with van der Waals surface area (Å²) in [5, 5.41) is 12.2. The summed E-state index contributed by atoms with van der Waals surface area (Å²) in [4.78, 5) is 34.1. The first-order valence-corrected chi connectivity index (χ1v) is 8.62. The number of ether oxygens (including phenoxy) is 3. The van der Waals surface area contributed by atoms with Gasteiger partial charge in [0.1, 0.15) is 18.8 Å². The van der Waals surface area contributed by atoms with Crippen molar-refractivity contribution in [2.24, 2.45) is 5.92 Å². The Balaban J connectivity index is 4.17. The van der Waals surface area contributed by atoms with E-state index in [-0.39, 0.29) is 37.9 Å². The van der Waals surface area contributed by atoms with Gasteiger partial charge in [0.2, 0.25) is 0 Å². The Hall–Kier alpha value is -1.83. The number of alkyl carbamates (subject to hydrolysis) is 1. The van der Waals surface area contributed by atoms with Gasteiger partial charge in [0.15, 0.2) is 0 Å². The number of aliphatic hydroxyl groups excluding tert-OH is 1. The zero-order valence-corrected chi connectivity index (χ0v) is 15.7. The molecule has 0 aromatic rings. The average molecular weight is 361 g/mol. The predicted octanol–water partition coefficient (Wildman–Crippen LogP) is 1.78. The lowest BCUT2D eigenvalue weighted by molar-refractivity contribution is -0.149. The molecule has 0 fully saturated rings. The number of carbonyl (C=O) groups is 3. The second-order valence-corrected chi connectivity index (χ2v) is 6.23. The van der Waals surface area contributed by atoms with Crippen molar-refractivity contribution in [3.63, 3.8) is 0 Å². The van der Waals surface area contributed by atoms with Gasteiger partial charge in [0.25, 0.3) is 0 Å². The second kappa shape index (κ2) is 12.5. The third-order valence-corrected chi connectivity index (χ3v) is 3.33. The number of hydrogen-bond donors (Lipinski definition) is 2. The minimum Gasteiger partial charge on any atom is -0.464 e. The zero-order valence-electron chi connectivity index (χ0n) is 15.7. The molecule has 0 aliphatic carbocycles. The highest BCUT2D eigenvalue weighted by Gasteiger charge is 2.21. The van der Waals surface area contributed by atoms with E-state index in [1.54, 1.807) is 20.8 Å². The minimum absolute atomic E-state index is 0.0687. The highest BCUT2D eigenvalue weighted by atomic mass is 16.6. The van der Waals surface area contributed by atoms with Crippen LogP contribution in [0.3, 0.4) is 0 Å². The van der Waals surface area contributed by atoms with Gasteiger partial charge in [0, 0.05) is 19.8 Å². The summed E-state index contributed by atoms with van der Waals surface area (Å²) >= 11 is 0. The minimum atomic E-state index is -0.647. The van der Waals surface area contributed by atoms with E-state index in [2.05, 4.69) is 5.32 Å². The number of nitrogens with one attached hydrogen (secondary N) is 1. The molecule has 8 nitrogen and oxygen atoms in total. The molecule has 0 bridgehead atoms. The maximum atomic E-state index is 11.7. The molecule has 0 aliphatic rings. The number of esters is 2. The van der Waals surface area contributed by atoms with E-state index < -0.39 is 30.4 Å². The molecule has 0 saturated heterocycles. The van der Waals surface area contributed by atoms with Crippen LogP contribution in [0.15, 0.2) is 0 Å². The Labute approximate surface area is 149 Å². The smallest absolute Gasteiger partial charge is 0.407 e. The molecule has 0 radical (unpaired) electrons. The summed E-state index contributed by atoms with van der Waals surface area (Å²) in [5.41, 5.74) is 0. The van der Waals surface area contributed by atoms with Crippen molar-refractivity contribution < 1.29 is 33.7 Å². The van der Waals surface area contributed by atoms with Crippen molar-refractivity contribution in [1.29, 1.82) is 0 Å². The van der Waals surface area contributed by atoms with Crippen molar-refractivity contribution in [1.82, 2.24) is 5.32 Å². The first kappa shape index (κ1) is 23.2. The molecule has 0 rings (SSSR count). The van der Waals surface area contributed by atoms with Crippen LogP contribution in [0.25, 0.3) is 0 Å². The molecule has 0 aromatic heterocycles. The van der Waals surface area contributed by atoms with Gasteiger partial charge in [-0.15, -0.1) is 0 Å². The van der Waals surface area contributed by atoms with Crippen molar-refractivity contribution >= 4 is 18.0 Å². The molecule has 1 amide bonds. The van der Waals surface area contributed by atoms with Gasteiger partial charge in [-0.1, -0.05) is 20.8 Å². The lowest BCUT2D eigenvalue weighted by atomic mass is 10.0. The summed E-state index contributed by atoms with van der Waals surface area (Å²) < 4.78 is 15.3. The van der Waals surface area contributed by atoms with Gasteiger partial charge in [-0.25, -0.2) is 4.79 Å². The summed E-state index contributed by atoms with van der Waals surface area (Å²) in [6.45, 7) is 8.46. The van der Waals surface area contributed by atoms with Crippen molar-refractivity contribution in [2.45, 2.75) is 72.2 Å². The molecule has 0 saturated carbocycles. The summed E-state index contributed by atoms with van der Waals surface area (Å²) in [7, 11) is 0. The second-order valence-electron chi connectivity index (χ2n) is 6.23. The van der Waals surface area contributed by atoms with Gasteiger partial charge in [-0.05, 0) is 13.3 Å². The summed E-state index contributed by atoms with van der Waals surface area (Å²) in [5.74, 6) is -0.997. The molecule has 2 N–H and O–H groups in total. The van der Waals surface area contributed by atoms with Crippen LogP contribution >= 0.6 is 0 Å². The Morgan fingerprint density at radius 2 is 1.72 bits per heavy atom. The normalized spacial score (nSPS) is 14.4. The van der Waals surface area contributed by atoms with Crippen LogP contribution < -0.4 is 5.32 Å². The van der Waals surface area contributed by atoms with Gasteiger partial charge < -0.3 is 24.6 Å². The number of carbonyl (C=O) groups excluding carboxylic acids is 3. The van der Waals surface area contributed by atoms with Crippen molar-refractivity contribution in [3.05, 3.63) is 0 Å². The van der Waals surface area contributed by atoms with Crippen LogP contribution in [0.5, 0.6) is 0 Å².